The van der Waals surface area contributed by atoms with Crippen molar-refractivity contribution in [3.63, 3.8) is 0 Å². The van der Waals surface area contributed by atoms with Crippen molar-refractivity contribution in [2.75, 3.05) is 18.5 Å². The number of alkyl halides is 6. The lowest BCUT2D eigenvalue weighted by molar-refractivity contribution is -0.274. The maximum Gasteiger partial charge on any atom is 0.573 e. The highest BCUT2D eigenvalue weighted by Gasteiger charge is 2.40. The molecule has 0 heterocycles. The lowest BCUT2D eigenvalue weighted by Crippen LogP contribution is -2.36. The van der Waals surface area contributed by atoms with Crippen molar-refractivity contribution in [1.82, 2.24) is 0 Å². The first-order chi connectivity index (χ1) is 17.8. The fraction of sp³-hybridized carbons (Fsp3) is 0.419. The Morgan fingerprint density at radius 1 is 0.744 bits per heavy atom. The lowest BCUT2D eigenvalue weighted by Gasteiger charge is -2.35. The van der Waals surface area contributed by atoms with Crippen LogP contribution in [0.15, 0.2) is 66.7 Å². The largest absolute Gasteiger partial charge is 0.573 e. The Hall–Kier alpha value is -3.16. The topological polar surface area (TPSA) is 12.5 Å². The second-order valence-corrected chi connectivity index (χ2v) is 11.4. The van der Waals surface area contributed by atoms with E-state index in [1.165, 1.54) is 23.8 Å². The summed E-state index contributed by atoms with van der Waals surface area (Å²) in [5.74, 6) is -0.0520. The number of halogens is 6. The van der Waals surface area contributed by atoms with Crippen LogP contribution >= 0.6 is 0 Å². The molecule has 8 heteroatoms. The summed E-state index contributed by atoms with van der Waals surface area (Å²) in [4.78, 5) is 1.94. The van der Waals surface area contributed by atoms with Gasteiger partial charge in [0.15, 0.2) is 0 Å². The minimum Gasteiger partial charge on any atom is -0.406 e. The van der Waals surface area contributed by atoms with E-state index in [2.05, 4.69) is 18.6 Å². The molecule has 3 aromatic rings. The van der Waals surface area contributed by atoms with Crippen LogP contribution in [0.4, 0.5) is 32.0 Å². The predicted octanol–water partition coefficient (Wildman–Crippen LogP) is 9.47. The molecule has 0 saturated heterocycles. The molecular weight excluding hydrogens is 516 g/mol. The second-order valence-electron chi connectivity index (χ2n) is 11.4. The second kappa shape index (κ2) is 10.8. The molecule has 0 bridgehead atoms. The standard InChI is InChI=1S/C31H35F6NO/c1-20(2)21-11-14-24(15-12-21)38(7)19-28(3,4)26-16-13-23(18-27(26)30(32,33)34)29(5,6)22-9-8-10-25(17-22)39-31(35,36)37/h8-18,20H,19H2,1-7H3. The molecule has 0 fully saturated rings. The number of hydrogen-bond donors (Lipinski definition) is 0. The molecule has 0 spiro atoms. The number of rotatable bonds is 8. The molecule has 0 saturated carbocycles. The number of hydrogen-bond acceptors (Lipinski definition) is 2. The van der Waals surface area contributed by atoms with Gasteiger partial charge in [0, 0.05) is 30.1 Å². The van der Waals surface area contributed by atoms with E-state index in [1.54, 1.807) is 39.8 Å². The number of ether oxygens (including phenoxy) is 1. The van der Waals surface area contributed by atoms with Crippen LogP contribution < -0.4 is 9.64 Å². The summed E-state index contributed by atoms with van der Waals surface area (Å²) in [5.41, 5.74) is 0.297. The van der Waals surface area contributed by atoms with Crippen LogP contribution in [0.25, 0.3) is 0 Å². The van der Waals surface area contributed by atoms with E-state index >= 15 is 0 Å². The molecule has 0 radical (unpaired) electrons. The van der Waals surface area contributed by atoms with Crippen molar-refractivity contribution >= 4 is 5.69 Å². The van der Waals surface area contributed by atoms with Crippen molar-refractivity contribution in [3.8, 4) is 5.75 Å². The van der Waals surface area contributed by atoms with E-state index in [0.717, 1.165) is 17.8 Å². The van der Waals surface area contributed by atoms with E-state index in [1.807, 2.05) is 36.2 Å². The van der Waals surface area contributed by atoms with Gasteiger partial charge in [-0.15, -0.1) is 13.2 Å². The molecule has 0 amide bonds. The third kappa shape index (κ3) is 7.28. The maximum absolute atomic E-state index is 14.4. The van der Waals surface area contributed by atoms with Gasteiger partial charge in [-0.1, -0.05) is 77.9 Å². The van der Waals surface area contributed by atoms with Crippen LogP contribution in [0.3, 0.4) is 0 Å². The molecule has 0 aliphatic rings. The number of anilines is 1. The predicted molar refractivity (Wildman–Crippen MR) is 144 cm³/mol. The van der Waals surface area contributed by atoms with Crippen molar-refractivity contribution < 1.29 is 31.1 Å². The fourth-order valence-corrected chi connectivity index (χ4v) is 4.89. The van der Waals surface area contributed by atoms with Crippen LogP contribution in [0.5, 0.6) is 5.75 Å². The molecule has 0 aliphatic carbocycles. The molecule has 0 atom stereocenters. The van der Waals surface area contributed by atoms with Crippen LogP contribution in [-0.4, -0.2) is 20.0 Å². The van der Waals surface area contributed by atoms with E-state index in [4.69, 9.17) is 0 Å². The van der Waals surface area contributed by atoms with Crippen molar-refractivity contribution in [2.45, 2.75) is 70.8 Å². The summed E-state index contributed by atoms with van der Waals surface area (Å²) >= 11 is 0. The highest BCUT2D eigenvalue weighted by Crippen LogP contribution is 2.42. The minimum atomic E-state index is -4.87. The monoisotopic (exact) mass is 551 g/mol. The summed E-state index contributed by atoms with van der Waals surface area (Å²) in [7, 11) is 1.85. The third-order valence-electron chi connectivity index (χ3n) is 7.20. The molecule has 0 aliphatic heterocycles. The van der Waals surface area contributed by atoms with Crippen molar-refractivity contribution in [2.24, 2.45) is 0 Å². The van der Waals surface area contributed by atoms with Crippen LogP contribution in [0.1, 0.15) is 75.3 Å². The summed E-state index contributed by atoms with van der Waals surface area (Å²) in [6, 6.07) is 17.6. The van der Waals surface area contributed by atoms with Gasteiger partial charge in [0.05, 0.1) is 5.56 Å². The molecule has 0 aromatic heterocycles. The first kappa shape index (κ1) is 30.4. The van der Waals surface area contributed by atoms with Gasteiger partial charge in [0.1, 0.15) is 5.75 Å². The Labute approximate surface area is 226 Å². The average molecular weight is 552 g/mol. The SMILES string of the molecule is CC(C)c1ccc(N(C)CC(C)(C)c2ccc(C(C)(C)c3cccc(OC(F)(F)F)c3)cc2C(F)(F)F)cc1. The maximum atomic E-state index is 14.4. The number of likely N-dealkylation sites (N-methyl/N-ethyl adjacent to an activating group) is 1. The lowest BCUT2D eigenvalue weighted by atomic mass is 9.74. The summed E-state index contributed by atoms with van der Waals surface area (Å²) < 4.78 is 85.5. The van der Waals surface area contributed by atoms with Gasteiger partial charge in [0.25, 0.3) is 0 Å². The summed E-state index contributed by atoms with van der Waals surface area (Å²) in [6.45, 7) is 11.4. The van der Waals surface area contributed by atoms with E-state index in [-0.39, 0.29) is 5.56 Å². The minimum absolute atomic E-state index is 0.148. The molecule has 3 rings (SSSR count). The van der Waals surface area contributed by atoms with Gasteiger partial charge in [-0.2, -0.15) is 13.2 Å². The van der Waals surface area contributed by atoms with Crippen molar-refractivity contribution in [3.05, 3.63) is 94.5 Å². The Bertz CT molecular complexity index is 1270. The van der Waals surface area contributed by atoms with E-state index in [9.17, 15) is 26.3 Å². The smallest absolute Gasteiger partial charge is 0.406 e. The van der Waals surface area contributed by atoms with Crippen LogP contribution in [-0.2, 0) is 17.0 Å². The molecule has 3 aromatic carbocycles. The normalized spacial score (nSPS) is 13.1. The van der Waals surface area contributed by atoms with Crippen LogP contribution in [0, 0.1) is 0 Å². The number of nitrogens with zero attached hydrogens (tertiary/aromatic N) is 1. The highest BCUT2D eigenvalue weighted by atomic mass is 19.4. The van der Waals surface area contributed by atoms with Gasteiger partial charge in [0.2, 0.25) is 0 Å². The van der Waals surface area contributed by atoms with Gasteiger partial charge in [-0.05, 0) is 58.5 Å². The zero-order valence-electron chi connectivity index (χ0n) is 23.3. The Morgan fingerprint density at radius 2 is 1.33 bits per heavy atom. The van der Waals surface area contributed by atoms with Gasteiger partial charge < -0.3 is 9.64 Å². The average Bonchev–Trinajstić information content (AvgIpc) is 2.82. The zero-order valence-corrected chi connectivity index (χ0v) is 23.3. The Kier molecular flexibility index (Phi) is 8.40. The summed E-state index contributed by atoms with van der Waals surface area (Å²) in [5, 5.41) is 0. The zero-order chi connectivity index (χ0) is 29.4. The highest BCUT2D eigenvalue weighted by molar-refractivity contribution is 5.50. The molecule has 2 nitrogen and oxygen atoms in total. The quantitative estimate of drug-likeness (QED) is 0.259. The molecule has 212 valence electrons. The van der Waals surface area contributed by atoms with Crippen molar-refractivity contribution in [1.29, 1.82) is 0 Å². The molecular formula is C31H35F6NO. The van der Waals surface area contributed by atoms with E-state index < -0.39 is 34.7 Å². The van der Waals surface area contributed by atoms with Gasteiger partial charge in [-0.3, -0.25) is 0 Å². The molecule has 39 heavy (non-hydrogen) atoms. The Balaban J connectivity index is 1.98. The summed E-state index contributed by atoms with van der Waals surface area (Å²) in [6.07, 6.45) is -9.50. The third-order valence-corrected chi connectivity index (χ3v) is 7.20. The molecule has 0 unspecified atom stereocenters. The van der Waals surface area contributed by atoms with E-state index in [0.29, 0.717) is 23.6 Å². The van der Waals surface area contributed by atoms with Gasteiger partial charge >= 0.3 is 12.5 Å². The Morgan fingerprint density at radius 3 is 1.87 bits per heavy atom. The van der Waals surface area contributed by atoms with Crippen LogP contribution in [0.2, 0.25) is 0 Å². The fourth-order valence-electron chi connectivity index (χ4n) is 4.89. The first-order valence-electron chi connectivity index (χ1n) is 12.7. The number of benzene rings is 3. The van der Waals surface area contributed by atoms with Gasteiger partial charge in [-0.25, -0.2) is 0 Å². The first-order valence-corrected chi connectivity index (χ1v) is 12.7. The molecule has 0 N–H and O–H groups in total.